The van der Waals surface area contributed by atoms with E-state index in [1.807, 2.05) is 25.3 Å². The third-order valence-electron chi connectivity index (χ3n) is 4.35. The molecule has 7 heteroatoms. The van der Waals surface area contributed by atoms with E-state index in [2.05, 4.69) is 10.6 Å². The quantitative estimate of drug-likeness (QED) is 0.674. The summed E-state index contributed by atoms with van der Waals surface area (Å²) in [6, 6.07) is 10.7. The highest BCUT2D eigenvalue weighted by Crippen LogP contribution is 2.27. The average molecular weight is 382 g/mol. The van der Waals surface area contributed by atoms with Crippen molar-refractivity contribution in [2.75, 3.05) is 17.2 Å². The zero-order valence-electron chi connectivity index (χ0n) is 14.4. The second-order valence-corrected chi connectivity index (χ2v) is 6.61. The monoisotopic (exact) mass is 381 g/mol. The van der Waals surface area contributed by atoms with Gasteiger partial charge in [0.1, 0.15) is 0 Å². The molecule has 2 amide bonds. The molecule has 1 aromatic heterocycles. The Bertz CT molecular complexity index is 692. The molecule has 5 nitrogen and oxygen atoms in total. The van der Waals surface area contributed by atoms with Crippen LogP contribution in [0.5, 0.6) is 0 Å². The molecular formula is C18H24ClN3O2S. The lowest BCUT2D eigenvalue weighted by molar-refractivity contribution is -0.125. The summed E-state index contributed by atoms with van der Waals surface area (Å²) in [4.78, 5) is 25.3. The van der Waals surface area contributed by atoms with Crippen LogP contribution in [0.1, 0.15) is 36.4 Å². The highest BCUT2D eigenvalue weighted by Gasteiger charge is 2.33. The van der Waals surface area contributed by atoms with Crippen LogP contribution in [0.15, 0.2) is 41.8 Å². The standard InChI is InChI=1S/C18H23N3O2S.ClH/c1-3-18(4-2,12-19)17(23)21-14-8-5-7-13(11-14)20-16(22)15-9-6-10-24-15;/h5-11H,3-4,12,19H2,1-2H3,(H,20,22)(H,21,23);1H. The summed E-state index contributed by atoms with van der Waals surface area (Å²) in [7, 11) is 0. The van der Waals surface area contributed by atoms with Gasteiger partial charge in [0.05, 0.1) is 10.3 Å². The molecule has 0 saturated carbocycles. The largest absolute Gasteiger partial charge is 0.329 e. The predicted octanol–water partition coefficient (Wildman–Crippen LogP) is 4.13. The molecule has 0 radical (unpaired) electrons. The normalized spacial score (nSPS) is 10.7. The summed E-state index contributed by atoms with van der Waals surface area (Å²) in [5, 5.41) is 7.61. The van der Waals surface area contributed by atoms with Gasteiger partial charge in [0.2, 0.25) is 5.91 Å². The number of amides is 2. The first-order valence-corrected chi connectivity index (χ1v) is 8.89. The topological polar surface area (TPSA) is 84.2 Å². The van der Waals surface area contributed by atoms with Crippen LogP contribution in [-0.2, 0) is 4.79 Å². The zero-order chi connectivity index (χ0) is 17.6. The van der Waals surface area contributed by atoms with Crippen LogP contribution >= 0.6 is 23.7 Å². The number of thiophene rings is 1. The number of hydrogen-bond acceptors (Lipinski definition) is 4. The van der Waals surface area contributed by atoms with Gasteiger partial charge in [-0.15, -0.1) is 23.7 Å². The number of benzene rings is 1. The molecule has 0 bridgehead atoms. The van der Waals surface area contributed by atoms with Gasteiger partial charge in [-0.2, -0.15) is 0 Å². The number of nitrogens with one attached hydrogen (secondary N) is 2. The lowest BCUT2D eigenvalue weighted by atomic mass is 9.81. The fourth-order valence-electron chi connectivity index (χ4n) is 2.49. The minimum absolute atomic E-state index is 0. The molecule has 136 valence electrons. The predicted molar refractivity (Wildman–Crippen MR) is 107 cm³/mol. The Morgan fingerprint density at radius 3 is 2.24 bits per heavy atom. The molecule has 0 unspecified atom stereocenters. The van der Waals surface area contributed by atoms with Gasteiger partial charge in [-0.1, -0.05) is 26.0 Å². The zero-order valence-corrected chi connectivity index (χ0v) is 16.0. The van der Waals surface area contributed by atoms with Gasteiger partial charge in [0.15, 0.2) is 0 Å². The Morgan fingerprint density at radius 1 is 1.08 bits per heavy atom. The number of carbonyl (C=O) groups is 2. The summed E-state index contributed by atoms with van der Waals surface area (Å²) < 4.78 is 0. The molecule has 2 aromatic rings. The van der Waals surface area contributed by atoms with Crippen LogP contribution in [0.3, 0.4) is 0 Å². The third-order valence-corrected chi connectivity index (χ3v) is 5.22. The maximum Gasteiger partial charge on any atom is 0.265 e. The van der Waals surface area contributed by atoms with E-state index in [1.54, 1.807) is 30.3 Å². The molecule has 2 rings (SSSR count). The third kappa shape index (κ3) is 5.04. The molecule has 4 N–H and O–H groups in total. The van der Waals surface area contributed by atoms with E-state index in [1.165, 1.54) is 11.3 Å². The van der Waals surface area contributed by atoms with Crippen LogP contribution in [-0.4, -0.2) is 18.4 Å². The van der Waals surface area contributed by atoms with E-state index in [4.69, 9.17) is 5.73 Å². The Labute approximate surface area is 158 Å². The Morgan fingerprint density at radius 2 is 1.72 bits per heavy atom. The molecule has 1 aromatic carbocycles. The molecule has 0 aliphatic heterocycles. The number of rotatable bonds is 7. The molecule has 0 aliphatic carbocycles. The van der Waals surface area contributed by atoms with Gasteiger partial charge in [-0.3, -0.25) is 9.59 Å². The van der Waals surface area contributed by atoms with E-state index in [0.717, 1.165) is 0 Å². The van der Waals surface area contributed by atoms with Gasteiger partial charge in [-0.25, -0.2) is 0 Å². The highest BCUT2D eigenvalue weighted by atomic mass is 35.5. The van der Waals surface area contributed by atoms with E-state index in [9.17, 15) is 9.59 Å². The molecule has 25 heavy (non-hydrogen) atoms. The SMILES string of the molecule is CCC(CC)(CN)C(=O)Nc1cccc(NC(=O)c2cccs2)c1.Cl. The van der Waals surface area contributed by atoms with Gasteiger partial charge >= 0.3 is 0 Å². The van der Waals surface area contributed by atoms with Crippen LogP contribution in [0.25, 0.3) is 0 Å². The molecule has 0 aliphatic rings. The van der Waals surface area contributed by atoms with Crippen molar-refractivity contribution in [1.82, 2.24) is 0 Å². The van der Waals surface area contributed by atoms with Crippen molar-refractivity contribution in [2.24, 2.45) is 11.1 Å². The Balaban J connectivity index is 0.00000312. The summed E-state index contributed by atoms with van der Waals surface area (Å²) in [6.45, 7) is 4.24. The summed E-state index contributed by atoms with van der Waals surface area (Å²) in [5.41, 5.74) is 6.54. The maximum atomic E-state index is 12.6. The maximum absolute atomic E-state index is 12.6. The van der Waals surface area contributed by atoms with E-state index < -0.39 is 5.41 Å². The van der Waals surface area contributed by atoms with Crippen LogP contribution in [0.4, 0.5) is 11.4 Å². The van der Waals surface area contributed by atoms with Gasteiger partial charge in [-0.05, 0) is 42.5 Å². The average Bonchev–Trinajstić information content (AvgIpc) is 3.12. The van der Waals surface area contributed by atoms with Crippen molar-refractivity contribution in [2.45, 2.75) is 26.7 Å². The minimum Gasteiger partial charge on any atom is -0.329 e. The van der Waals surface area contributed by atoms with Crippen LogP contribution < -0.4 is 16.4 Å². The molecule has 1 heterocycles. The van der Waals surface area contributed by atoms with E-state index >= 15 is 0 Å². The minimum atomic E-state index is -0.559. The summed E-state index contributed by atoms with van der Waals surface area (Å²) in [6.07, 6.45) is 1.36. The van der Waals surface area contributed by atoms with E-state index in [0.29, 0.717) is 35.6 Å². The number of anilines is 2. The van der Waals surface area contributed by atoms with Gasteiger partial charge in [0, 0.05) is 17.9 Å². The number of halogens is 1. The first kappa shape index (κ1) is 21.2. The Hall–Kier alpha value is -1.89. The second kappa shape index (κ2) is 9.56. The molecule has 0 fully saturated rings. The van der Waals surface area contributed by atoms with Crippen molar-refractivity contribution in [3.63, 3.8) is 0 Å². The van der Waals surface area contributed by atoms with Crippen molar-refractivity contribution >= 4 is 46.9 Å². The molecular weight excluding hydrogens is 358 g/mol. The van der Waals surface area contributed by atoms with Crippen molar-refractivity contribution < 1.29 is 9.59 Å². The fraction of sp³-hybridized carbons (Fsp3) is 0.333. The van der Waals surface area contributed by atoms with E-state index in [-0.39, 0.29) is 24.2 Å². The van der Waals surface area contributed by atoms with Gasteiger partial charge < -0.3 is 16.4 Å². The lowest BCUT2D eigenvalue weighted by Crippen LogP contribution is -2.41. The lowest BCUT2D eigenvalue weighted by Gasteiger charge is -2.28. The molecule has 0 atom stereocenters. The first-order chi connectivity index (χ1) is 11.5. The first-order valence-electron chi connectivity index (χ1n) is 8.01. The molecule has 0 saturated heterocycles. The van der Waals surface area contributed by atoms with Crippen molar-refractivity contribution in [3.8, 4) is 0 Å². The smallest absolute Gasteiger partial charge is 0.265 e. The summed E-state index contributed by atoms with van der Waals surface area (Å²) >= 11 is 1.38. The summed E-state index contributed by atoms with van der Waals surface area (Å²) in [5.74, 6) is -0.247. The van der Waals surface area contributed by atoms with Crippen molar-refractivity contribution in [3.05, 3.63) is 46.7 Å². The number of carbonyl (C=O) groups excluding carboxylic acids is 2. The Kier molecular flexibility index (Phi) is 8.09. The second-order valence-electron chi connectivity index (χ2n) is 5.66. The number of nitrogens with two attached hydrogens (primary N) is 1. The molecule has 0 spiro atoms. The van der Waals surface area contributed by atoms with Crippen molar-refractivity contribution in [1.29, 1.82) is 0 Å². The van der Waals surface area contributed by atoms with Crippen LogP contribution in [0, 0.1) is 5.41 Å². The van der Waals surface area contributed by atoms with Gasteiger partial charge in [0.25, 0.3) is 5.91 Å². The van der Waals surface area contributed by atoms with Crippen LogP contribution in [0.2, 0.25) is 0 Å². The fourth-order valence-corrected chi connectivity index (χ4v) is 3.11. The number of hydrogen-bond donors (Lipinski definition) is 3. The highest BCUT2D eigenvalue weighted by molar-refractivity contribution is 7.12.